The predicted octanol–water partition coefficient (Wildman–Crippen LogP) is 5.81. The minimum Gasteiger partial charge on any atom is -0.497 e. The smallest absolute Gasteiger partial charge is 0.294 e. The van der Waals surface area contributed by atoms with E-state index in [0.717, 1.165) is 62.2 Å². The number of hydrogen-bond acceptors (Lipinski definition) is 7. The second-order valence-electron chi connectivity index (χ2n) is 8.15. The number of methoxy groups -OCH3 is 2. The molecule has 1 aliphatic rings. The summed E-state index contributed by atoms with van der Waals surface area (Å²) >= 11 is 1.42. The van der Waals surface area contributed by atoms with Crippen LogP contribution < -0.4 is 14.2 Å². The Labute approximate surface area is 208 Å². The number of allylic oxidation sites excluding steroid dienone is 2. The van der Waals surface area contributed by atoms with Gasteiger partial charge in [-0.2, -0.15) is 0 Å². The van der Waals surface area contributed by atoms with Crippen LogP contribution in [-0.2, 0) is 6.42 Å². The molecule has 2 heterocycles. The molecule has 8 heteroatoms. The lowest BCUT2D eigenvalue weighted by Crippen LogP contribution is -2.09. The fourth-order valence-corrected chi connectivity index (χ4v) is 4.74. The maximum atomic E-state index is 6.26. The second-order valence-corrected chi connectivity index (χ2v) is 9.06. The third-order valence-corrected chi connectivity index (χ3v) is 6.64. The van der Waals surface area contributed by atoms with Gasteiger partial charge in [-0.25, -0.2) is 9.50 Å². The van der Waals surface area contributed by atoms with E-state index >= 15 is 0 Å². The maximum Gasteiger partial charge on any atom is 0.294 e. The molecule has 0 bridgehead atoms. The van der Waals surface area contributed by atoms with Gasteiger partial charge in [-0.3, -0.25) is 4.99 Å². The van der Waals surface area contributed by atoms with Gasteiger partial charge in [0.25, 0.3) is 5.19 Å². The molecule has 2 aromatic carbocycles. The lowest BCUT2D eigenvalue weighted by molar-refractivity contribution is 0.367. The molecule has 0 aliphatic heterocycles. The van der Waals surface area contributed by atoms with E-state index in [1.54, 1.807) is 18.7 Å². The SMILES string of the molecule is C/C=C(\N=C(C)COc1cc(OC)cc2c1C=C(c1cn3nc(OC)sc3n1)C2)c1ccccc1. The Bertz CT molecular complexity index is 1430. The summed E-state index contributed by atoms with van der Waals surface area (Å²) in [5, 5.41) is 4.97. The van der Waals surface area contributed by atoms with Gasteiger partial charge in [-0.1, -0.05) is 36.4 Å². The molecule has 4 aromatic rings. The third kappa shape index (κ3) is 4.70. The van der Waals surface area contributed by atoms with Crippen molar-refractivity contribution in [3.8, 4) is 16.7 Å². The highest BCUT2D eigenvalue weighted by molar-refractivity contribution is 7.18. The Morgan fingerprint density at radius 3 is 2.71 bits per heavy atom. The molecular formula is C27H26N4O3S. The van der Waals surface area contributed by atoms with Crippen molar-refractivity contribution in [2.24, 2.45) is 4.99 Å². The molecule has 0 radical (unpaired) electrons. The quantitative estimate of drug-likeness (QED) is 0.294. The van der Waals surface area contributed by atoms with Gasteiger partial charge in [-0.15, -0.1) is 5.10 Å². The normalized spacial score (nSPS) is 13.7. The summed E-state index contributed by atoms with van der Waals surface area (Å²) < 4.78 is 18.8. The van der Waals surface area contributed by atoms with Crippen LogP contribution in [0.5, 0.6) is 16.7 Å². The highest BCUT2D eigenvalue weighted by Crippen LogP contribution is 2.40. The van der Waals surface area contributed by atoms with E-state index < -0.39 is 0 Å². The standard InChI is InChI=1S/C27H26N4O3S/c1-5-23(18-9-7-6-8-10-18)28-17(2)16-34-25-14-21(32-3)12-19-11-20(13-22(19)25)24-15-31-26(29-24)35-27(30-31)33-4/h5-10,12-15H,11,16H2,1-4H3/b23-5-,28-17?. The van der Waals surface area contributed by atoms with Crippen LogP contribution in [0, 0.1) is 0 Å². The predicted molar refractivity (Wildman–Crippen MR) is 141 cm³/mol. The number of nitrogens with zero attached hydrogens (tertiary/aromatic N) is 4. The first-order valence-corrected chi connectivity index (χ1v) is 12.1. The number of hydrogen-bond donors (Lipinski definition) is 0. The zero-order valence-corrected chi connectivity index (χ0v) is 20.9. The first-order chi connectivity index (χ1) is 17.1. The Balaban J connectivity index is 1.39. The van der Waals surface area contributed by atoms with Crippen molar-refractivity contribution in [3.05, 3.63) is 77.1 Å². The molecule has 2 aromatic heterocycles. The summed E-state index contributed by atoms with van der Waals surface area (Å²) in [6.45, 7) is 4.34. The molecule has 0 unspecified atom stereocenters. The number of ether oxygens (including phenoxy) is 3. The average molecular weight is 487 g/mol. The highest BCUT2D eigenvalue weighted by Gasteiger charge is 2.22. The molecule has 0 fully saturated rings. The fraction of sp³-hybridized carbons (Fsp3) is 0.222. The summed E-state index contributed by atoms with van der Waals surface area (Å²) in [4.78, 5) is 10.3. The van der Waals surface area contributed by atoms with Gasteiger partial charge >= 0.3 is 0 Å². The third-order valence-electron chi connectivity index (χ3n) is 5.76. The van der Waals surface area contributed by atoms with Gasteiger partial charge in [-0.05, 0) is 54.0 Å². The largest absolute Gasteiger partial charge is 0.497 e. The molecule has 1 aliphatic carbocycles. The lowest BCUT2D eigenvalue weighted by Gasteiger charge is -2.13. The van der Waals surface area contributed by atoms with Crippen LogP contribution in [0.15, 0.2) is 59.7 Å². The molecule has 7 nitrogen and oxygen atoms in total. The van der Waals surface area contributed by atoms with E-state index in [2.05, 4.69) is 29.4 Å². The minimum absolute atomic E-state index is 0.372. The zero-order valence-electron chi connectivity index (χ0n) is 20.1. The number of aromatic nitrogens is 3. The monoisotopic (exact) mass is 486 g/mol. The van der Waals surface area contributed by atoms with E-state index in [-0.39, 0.29) is 0 Å². The molecule has 0 amide bonds. The van der Waals surface area contributed by atoms with Crippen LogP contribution >= 0.6 is 11.3 Å². The number of fused-ring (bicyclic) bond motifs is 2. The number of imidazole rings is 1. The van der Waals surface area contributed by atoms with Gasteiger partial charge in [0.2, 0.25) is 4.96 Å². The Hall–Kier alpha value is -3.91. The summed E-state index contributed by atoms with van der Waals surface area (Å²) in [6, 6.07) is 14.1. The van der Waals surface area contributed by atoms with Crippen LogP contribution in [0.3, 0.4) is 0 Å². The molecule has 0 saturated carbocycles. The number of aliphatic imine (C=N–C) groups is 1. The Kier molecular flexibility index (Phi) is 6.37. The van der Waals surface area contributed by atoms with Crippen molar-refractivity contribution in [1.29, 1.82) is 0 Å². The Morgan fingerprint density at radius 2 is 2.00 bits per heavy atom. The maximum absolute atomic E-state index is 6.26. The first kappa shape index (κ1) is 22.9. The first-order valence-electron chi connectivity index (χ1n) is 11.3. The summed E-state index contributed by atoms with van der Waals surface area (Å²) in [5.41, 5.74) is 7.08. The van der Waals surface area contributed by atoms with E-state index in [9.17, 15) is 0 Å². The van der Waals surface area contributed by atoms with Crippen molar-refractivity contribution in [1.82, 2.24) is 14.6 Å². The van der Waals surface area contributed by atoms with Crippen LogP contribution in [0.1, 0.15) is 36.2 Å². The van der Waals surface area contributed by atoms with Gasteiger partial charge in [0.05, 0.1) is 37.5 Å². The molecule has 0 spiro atoms. The van der Waals surface area contributed by atoms with Crippen LogP contribution in [0.4, 0.5) is 0 Å². The van der Waals surface area contributed by atoms with E-state index in [1.165, 1.54) is 11.3 Å². The average Bonchev–Trinajstić information content (AvgIpc) is 3.59. The topological polar surface area (TPSA) is 70.2 Å². The molecule has 178 valence electrons. The van der Waals surface area contributed by atoms with Crippen molar-refractivity contribution in [2.75, 3.05) is 20.8 Å². The van der Waals surface area contributed by atoms with Crippen molar-refractivity contribution >= 4 is 39.4 Å². The molecule has 5 rings (SSSR count). The van der Waals surface area contributed by atoms with Gasteiger partial charge in [0, 0.05) is 18.1 Å². The molecule has 0 N–H and O–H groups in total. The summed E-state index contributed by atoms with van der Waals surface area (Å²) in [6.07, 6.45) is 6.83. The van der Waals surface area contributed by atoms with E-state index in [4.69, 9.17) is 24.2 Å². The van der Waals surface area contributed by atoms with Gasteiger partial charge in [0.15, 0.2) is 0 Å². The number of benzene rings is 2. The van der Waals surface area contributed by atoms with E-state index in [0.29, 0.717) is 11.8 Å². The summed E-state index contributed by atoms with van der Waals surface area (Å²) in [5.74, 6) is 1.53. The molecule has 0 atom stereocenters. The zero-order chi connectivity index (χ0) is 24.4. The van der Waals surface area contributed by atoms with E-state index in [1.807, 2.05) is 50.4 Å². The van der Waals surface area contributed by atoms with Gasteiger partial charge < -0.3 is 14.2 Å². The van der Waals surface area contributed by atoms with Crippen LogP contribution in [0.25, 0.3) is 22.3 Å². The second kappa shape index (κ2) is 9.76. The molecular weight excluding hydrogens is 460 g/mol. The molecule has 0 saturated heterocycles. The highest BCUT2D eigenvalue weighted by atomic mass is 32.1. The van der Waals surface area contributed by atoms with Gasteiger partial charge in [0.1, 0.15) is 18.1 Å². The van der Waals surface area contributed by atoms with Crippen molar-refractivity contribution < 1.29 is 14.2 Å². The van der Waals surface area contributed by atoms with Crippen LogP contribution in [0.2, 0.25) is 0 Å². The summed E-state index contributed by atoms with van der Waals surface area (Å²) in [7, 11) is 3.28. The van der Waals surface area contributed by atoms with Crippen molar-refractivity contribution in [2.45, 2.75) is 20.3 Å². The molecule has 35 heavy (non-hydrogen) atoms. The lowest BCUT2D eigenvalue weighted by atomic mass is 10.1. The van der Waals surface area contributed by atoms with Crippen molar-refractivity contribution in [3.63, 3.8) is 0 Å². The number of rotatable bonds is 8. The van der Waals surface area contributed by atoms with Crippen LogP contribution in [-0.4, -0.2) is 41.1 Å². The Morgan fingerprint density at radius 1 is 1.17 bits per heavy atom. The minimum atomic E-state index is 0.372. The fourth-order valence-electron chi connectivity index (χ4n) is 4.04.